The van der Waals surface area contributed by atoms with Crippen molar-refractivity contribution >= 4 is 24.4 Å². The zero-order valence-corrected chi connectivity index (χ0v) is 11.5. The highest BCUT2D eigenvalue weighted by Crippen LogP contribution is 2.48. The van der Waals surface area contributed by atoms with Crippen molar-refractivity contribution in [1.29, 1.82) is 0 Å². The van der Waals surface area contributed by atoms with E-state index in [1.165, 1.54) is 26.2 Å². The molecule has 5 heteroatoms. The van der Waals surface area contributed by atoms with Gasteiger partial charge >= 0.3 is 0 Å². The van der Waals surface area contributed by atoms with Gasteiger partial charge in [0.05, 0.1) is 0 Å². The maximum Gasteiger partial charge on any atom is 0.243 e. The lowest BCUT2D eigenvalue weighted by Crippen LogP contribution is -2.48. The van der Waals surface area contributed by atoms with Gasteiger partial charge in [-0.15, -0.1) is 0 Å². The Morgan fingerprint density at radius 3 is 2.47 bits per heavy atom. The van der Waals surface area contributed by atoms with E-state index >= 15 is 0 Å². The number of carbonyl (C=O) groups excluding carboxylic acids is 2. The van der Waals surface area contributed by atoms with E-state index in [0.717, 1.165) is 13.0 Å². The molecule has 0 heterocycles. The molecule has 17 heavy (non-hydrogen) atoms. The monoisotopic (exact) mass is 258 g/mol. The highest BCUT2D eigenvalue weighted by Gasteiger charge is 2.41. The summed E-state index contributed by atoms with van der Waals surface area (Å²) in [6.07, 6.45) is 4.72. The molecule has 2 N–H and O–H groups in total. The second kappa shape index (κ2) is 6.28. The molecule has 0 spiro atoms. The maximum absolute atomic E-state index is 11.8. The van der Waals surface area contributed by atoms with Crippen LogP contribution in [0.5, 0.6) is 0 Å². The van der Waals surface area contributed by atoms with E-state index in [2.05, 4.69) is 30.2 Å². The summed E-state index contributed by atoms with van der Waals surface area (Å²) < 4.78 is 0. The standard InChI is InChI=1S/C12H22N2O2S/c1-3-4-12(5-6-12)8-13-11(16)10(7-17)14-9(2)15/h10,17H,3-8H2,1-2H3,(H,13,16)(H,14,15). The highest BCUT2D eigenvalue weighted by molar-refractivity contribution is 7.80. The van der Waals surface area contributed by atoms with Crippen molar-refractivity contribution in [3.05, 3.63) is 0 Å². The Labute approximate surface area is 108 Å². The van der Waals surface area contributed by atoms with Gasteiger partial charge in [0.2, 0.25) is 11.8 Å². The molecule has 1 aliphatic carbocycles. The summed E-state index contributed by atoms with van der Waals surface area (Å²) >= 11 is 4.08. The molecule has 0 aliphatic heterocycles. The third-order valence-corrected chi connectivity index (χ3v) is 3.62. The Morgan fingerprint density at radius 1 is 1.41 bits per heavy atom. The van der Waals surface area contributed by atoms with Crippen molar-refractivity contribution < 1.29 is 9.59 Å². The molecule has 1 aliphatic rings. The highest BCUT2D eigenvalue weighted by atomic mass is 32.1. The normalized spacial score (nSPS) is 18.3. The largest absolute Gasteiger partial charge is 0.354 e. The van der Waals surface area contributed by atoms with E-state index in [4.69, 9.17) is 0 Å². The summed E-state index contributed by atoms with van der Waals surface area (Å²) in [7, 11) is 0. The lowest BCUT2D eigenvalue weighted by molar-refractivity contribution is -0.127. The molecule has 0 aromatic rings. The third kappa shape index (κ3) is 4.58. The van der Waals surface area contributed by atoms with Crippen molar-refractivity contribution in [3.63, 3.8) is 0 Å². The summed E-state index contributed by atoms with van der Waals surface area (Å²) in [4.78, 5) is 22.7. The van der Waals surface area contributed by atoms with E-state index in [9.17, 15) is 9.59 Å². The fraction of sp³-hybridized carbons (Fsp3) is 0.833. The number of hydrogen-bond acceptors (Lipinski definition) is 3. The van der Waals surface area contributed by atoms with Gasteiger partial charge < -0.3 is 10.6 Å². The fourth-order valence-electron chi connectivity index (χ4n) is 2.06. The zero-order chi connectivity index (χ0) is 12.9. The Kier molecular flexibility index (Phi) is 5.31. The average molecular weight is 258 g/mol. The first-order valence-electron chi connectivity index (χ1n) is 6.18. The van der Waals surface area contributed by atoms with Crippen molar-refractivity contribution in [3.8, 4) is 0 Å². The topological polar surface area (TPSA) is 58.2 Å². The number of amides is 2. The molecule has 1 fully saturated rings. The molecule has 0 saturated heterocycles. The lowest BCUT2D eigenvalue weighted by atomic mass is 10.0. The number of carbonyl (C=O) groups is 2. The first-order chi connectivity index (χ1) is 8.03. The molecule has 4 nitrogen and oxygen atoms in total. The minimum atomic E-state index is -0.520. The second-order valence-corrected chi connectivity index (χ2v) is 5.27. The van der Waals surface area contributed by atoms with Crippen LogP contribution in [-0.2, 0) is 9.59 Å². The van der Waals surface area contributed by atoms with Crippen LogP contribution in [0.25, 0.3) is 0 Å². The fourth-order valence-corrected chi connectivity index (χ4v) is 2.32. The molecule has 1 atom stereocenters. The molecule has 1 unspecified atom stereocenters. The molecular formula is C12H22N2O2S. The van der Waals surface area contributed by atoms with Gasteiger partial charge in [0.1, 0.15) is 6.04 Å². The summed E-state index contributed by atoms with van der Waals surface area (Å²) in [6, 6.07) is -0.520. The molecule has 1 saturated carbocycles. The minimum absolute atomic E-state index is 0.127. The van der Waals surface area contributed by atoms with Crippen LogP contribution in [0.3, 0.4) is 0 Å². The predicted octanol–water partition coefficient (Wildman–Crippen LogP) is 1.12. The Morgan fingerprint density at radius 2 is 2.06 bits per heavy atom. The molecule has 0 aromatic heterocycles. The van der Waals surface area contributed by atoms with Crippen LogP contribution in [-0.4, -0.2) is 30.2 Å². The van der Waals surface area contributed by atoms with Gasteiger partial charge in [-0.2, -0.15) is 12.6 Å². The molecule has 1 rings (SSSR count). The van der Waals surface area contributed by atoms with E-state index in [0.29, 0.717) is 11.2 Å². The summed E-state index contributed by atoms with van der Waals surface area (Å²) in [6.45, 7) is 4.29. The Balaban J connectivity index is 2.35. The van der Waals surface area contributed by atoms with Crippen LogP contribution in [0.4, 0.5) is 0 Å². The van der Waals surface area contributed by atoms with Crippen molar-refractivity contribution in [2.75, 3.05) is 12.3 Å². The van der Waals surface area contributed by atoms with E-state index < -0.39 is 6.04 Å². The Bertz CT molecular complexity index is 290. The molecule has 0 radical (unpaired) electrons. The first kappa shape index (κ1) is 14.4. The SMILES string of the molecule is CCCC1(CNC(=O)C(CS)NC(C)=O)CC1. The number of thiol groups is 1. The molecular weight excluding hydrogens is 236 g/mol. The molecule has 0 bridgehead atoms. The van der Waals surface area contributed by atoms with Crippen molar-refractivity contribution in [2.45, 2.75) is 45.6 Å². The molecule has 0 aromatic carbocycles. The number of hydrogen-bond donors (Lipinski definition) is 3. The van der Waals surface area contributed by atoms with Crippen LogP contribution in [0, 0.1) is 5.41 Å². The van der Waals surface area contributed by atoms with Gasteiger partial charge in [0, 0.05) is 19.2 Å². The van der Waals surface area contributed by atoms with Crippen LogP contribution < -0.4 is 10.6 Å². The minimum Gasteiger partial charge on any atom is -0.354 e. The van der Waals surface area contributed by atoms with Crippen LogP contribution in [0.1, 0.15) is 39.5 Å². The van der Waals surface area contributed by atoms with Gasteiger partial charge in [0.15, 0.2) is 0 Å². The second-order valence-electron chi connectivity index (χ2n) is 4.90. The number of nitrogens with one attached hydrogen (secondary N) is 2. The van der Waals surface area contributed by atoms with E-state index in [1.54, 1.807) is 0 Å². The van der Waals surface area contributed by atoms with Crippen molar-refractivity contribution in [2.24, 2.45) is 5.41 Å². The van der Waals surface area contributed by atoms with Gasteiger partial charge in [0.25, 0.3) is 0 Å². The molecule has 2 amide bonds. The summed E-state index contributed by atoms with van der Waals surface area (Å²) in [5, 5.41) is 5.51. The van der Waals surface area contributed by atoms with Crippen LogP contribution in [0.2, 0.25) is 0 Å². The van der Waals surface area contributed by atoms with Gasteiger partial charge in [-0.05, 0) is 24.7 Å². The smallest absolute Gasteiger partial charge is 0.243 e. The first-order valence-corrected chi connectivity index (χ1v) is 6.82. The van der Waals surface area contributed by atoms with Crippen LogP contribution >= 0.6 is 12.6 Å². The van der Waals surface area contributed by atoms with E-state index in [-0.39, 0.29) is 11.8 Å². The predicted molar refractivity (Wildman–Crippen MR) is 71.0 cm³/mol. The quantitative estimate of drug-likeness (QED) is 0.599. The average Bonchev–Trinajstić information content (AvgIpc) is 3.03. The van der Waals surface area contributed by atoms with Gasteiger partial charge in [-0.3, -0.25) is 9.59 Å². The van der Waals surface area contributed by atoms with Gasteiger partial charge in [-0.1, -0.05) is 13.3 Å². The van der Waals surface area contributed by atoms with Crippen LogP contribution in [0.15, 0.2) is 0 Å². The van der Waals surface area contributed by atoms with Crippen molar-refractivity contribution in [1.82, 2.24) is 10.6 Å². The lowest BCUT2D eigenvalue weighted by Gasteiger charge is -2.19. The maximum atomic E-state index is 11.8. The molecule has 98 valence electrons. The summed E-state index contributed by atoms with van der Waals surface area (Å²) in [5.74, 6) is -0.00175. The van der Waals surface area contributed by atoms with Gasteiger partial charge in [-0.25, -0.2) is 0 Å². The van der Waals surface area contributed by atoms with E-state index in [1.807, 2.05) is 0 Å². The summed E-state index contributed by atoms with van der Waals surface area (Å²) in [5.41, 5.74) is 0.335. The number of rotatable bonds is 7. The third-order valence-electron chi connectivity index (χ3n) is 3.25. The zero-order valence-electron chi connectivity index (χ0n) is 10.6. The Hall–Kier alpha value is -0.710.